The Morgan fingerprint density at radius 1 is 1.26 bits per heavy atom. The summed E-state index contributed by atoms with van der Waals surface area (Å²) in [5, 5.41) is 6.80. The van der Waals surface area contributed by atoms with Gasteiger partial charge in [0.25, 0.3) is 5.91 Å². The Hall–Kier alpha value is -2.44. The number of carbonyl (C=O) groups excluding carboxylic acids is 2. The number of carbonyl (C=O) groups is 2. The van der Waals surface area contributed by atoms with Crippen molar-refractivity contribution < 1.29 is 9.59 Å². The van der Waals surface area contributed by atoms with Gasteiger partial charge in [-0.05, 0) is 64.5 Å². The highest BCUT2D eigenvalue weighted by atomic mass is 79.9. The first-order valence-electron chi connectivity index (χ1n) is 10.1. The number of hydrogen-bond donors (Lipinski definition) is 2. The second-order valence-electron chi connectivity index (χ2n) is 8.80. The van der Waals surface area contributed by atoms with Gasteiger partial charge in [0.2, 0.25) is 0 Å². The van der Waals surface area contributed by atoms with E-state index in [1.54, 1.807) is 18.3 Å². The molecule has 0 bridgehead atoms. The second kappa shape index (κ2) is 8.24. The first-order valence-corrected chi connectivity index (χ1v) is 11.2. The number of hydrogen-bond acceptors (Lipinski definition) is 4. The summed E-state index contributed by atoms with van der Waals surface area (Å²) in [6.45, 7) is 6.05. The summed E-state index contributed by atoms with van der Waals surface area (Å²) < 4.78 is 0.822. The van der Waals surface area contributed by atoms with Crippen molar-refractivity contribution in [3.8, 4) is 0 Å². The highest BCUT2D eigenvalue weighted by Crippen LogP contribution is 2.47. The Bertz CT molecular complexity index is 1140. The second-order valence-corrected chi connectivity index (χ2v) is 10.2. The molecule has 1 aliphatic carbocycles. The minimum Gasteiger partial charge on any atom is -0.362 e. The van der Waals surface area contributed by atoms with Crippen molar-refractivity contribution >= 4 is 45.0 Å². The van der Waals surface area contributed by atoms with Crippen LogP contribution in [0.4, 0.5) is 5.82 Å². The van der Waals surface area contributed by atoms with Crippen molar-refractivity contribution in [1.82, 2.24) is 10.3 Å². The summed E-state index contributed by atoms with van der Waals surface area (Å²) in [7, 11) is 0. The predicted octanol–water partition coefficient (Wildman–Crippen LogP) is 5.74. The molecule has 1 aromatic heterocycles. The van der Waals surface area contributed by atoms with Crippen LogP contribution in [0.1, 0.15) is 45.1 Å². The SMILES string of the molecule is CC1=C(C(=O)Nc2ccc(Br)cn2)[C@@H](c2cccc(Cl)c2)C2=C(CC(C)(C)CC2=O)N1. The molecule has 2 heterocycles. The molecule has 0 spiro atoms. The van der Waals surface area contributed by atoms with E-state index in [9.17, 15) is 9.59 Å². The Labute approximate surface area is 195 Å². The molecular formula is C24H23BrClN3O2. The number of benzene rings is 1. The molecule has 0 fully saturated rings. The van der Waals surface area contributed by atoms with Crippen molar-refractivity contribution in [2.45, 2.75) is 39.5 Å². The molecular weight excluding hydrogens is 478 g/mol. The van der Waals surface area contributed by atoms with Gasteiger partial charge in [0.15, 0.2) is 5.78 Å². The Morgan fingerprint density at radius 2 is 2.03 bits per heavy atom. The summed E-state index contributed by atoms with van der Waals surface area (Å²) >= 11 is 9.63. The number of nitrogens with zero attached hydrogens (tertiary/aromatic N) is 1. The highest BCUT2D eigenvalue weighted by molar-refractivity contribution is 9.10. The van der Waals surface area contributed by atoms with Crippen LogP contribution in [0.5, 0.6) is 0 Å². The number of pyridine rings is 1. The topological polar surface area (TPSA) is 71.1 Å². The third-order valence-electron chi connectivity index (χ3n) is 5.64. The van der Waals surface area contributed by atoms with Gasteiger partial charge in [-0.15, -0.1) is 0 Å². The van der Waals surface area contributed by atoms with Crippen molar-refractivity contribution in [1.29, 1.82) is 0 Å². The Balaban J connectivity index is 1.80. The molecule has 0 saturated carbocycles. The quantitative estimate of drug-likeness (QED) is 0.564. The largest absolute Gasteiger partial charge is 0.362 e. The Morgan fingerprint density at radius 3 is 2.71 bits per heavy atom. The minimum absolute atomic E-state index is 0.0586. The van der Waals surface area contributed by atoms with E-state index in [0.29, 0.717) is 28.4 Å². The number of halogens is 2. The molecule has 5 nitrogen and oxygen atoms in total. The summed E-state index contributed by atoms with van der Waals surface area (Å²) in [5.41, 5.74) is 3.46. The number of rotatable bonds is 3. The van der Waals surface area contributed by atoms with Gasteiger partial charge in [-0.25, -0.2) is 4.98 Å². The molecule has 1 atom stereocenters. The number of allylic oxidation sites excluding steroid dienone is 3. The lowest BCUT2D eigenvalue weighted by molar-refractivity contribution is -0.118. The maximum absolute atomic E-state index is 13.4. The van der Waals surface area contributed by atoms with Crippen LogP contribution in [-0.4, -0.2) is 16.7 Å². The van der Waals surface area contributed by atoms with E-state index < -0.39 is 5.92 Å². The molecule has 4 rings (SSSR count). The van der Waals surface area contributed by atoms with Crippen molar-refractivity contribution in [3.05, 3.63) is 80.2 Å². The van der Waals surface area contributed by atoms with Gasteiger partial charge in [-0.3, -0.25) is 9.59 Å². The Kier molecular flexibility index (Phi) is 5.79. The normalized spacial score (nSPS) is 20.3. The lowest BCUT2D eigenvalue weighted by Gasteiger charge is -2.39. The zero-order valence-electron chi connectivity index (χ0n) is 17.6. The molecule has 1 aromatic carbocycles. The smallest absolute Gasteiger partial charge is 0.255 e. The van der Waals surface area contributed by atoms with Crippen LogP contribution in [0.25, 0.3) is 0 Å². The molecule has 0 radical (unpaired) electrons. The van der Waals surface area contributed by atoms with Crippen LogP contribution in [0, 0.1) is 5.41 Å². The van der Waals surface area contributed by atoms with E-state index in [0.717, 1.165) is 27.9 Å². The van der Waals surface area contributed by atoms with E-state index in [2.05, 4.69) is 45.4 Å². The first kappa shape index (κ1) is 21.8. The van der Waals surface area contributed by atoms with E-state index in [1.165, 1.54) is 0 Å². The highest BCUT2D eigenvalue weighted by Gasteiger charge is 2.42. The maximum Gasteiger partial charge on any atom is 0.255 e. The predicted molar refractivity (Wildman–Crippen MR) is 126 cm³/mol. The standard InChI is InChI=1S/C24H23BrClN3O2/c1-13-20(23(31)29-19-8-7-15(25)12-27-19)21(14-5-4-6-16(26)9-14)22-17(28-13)10-24(2,3)11-18(22)30/h4-9,12,21,28H,10-11H2,1-3H3,(H,27,29,31)/t21-/m1/s1. The number of dihydropyridines is 1. The summed E-state index contributed by atoms with van der Waals surface area (Å²) in [6.07, 6.45) is 2.80. The zero-order valence-corrected chi connectivity index (χ0v) is 19.9. The number of aromatic nitrogens is 1. The van der Waals surface area contributed by atoms with Gasteiger partial charge in [0, 0.05) is 50.6 Å². The van der Waals surface area contributed by atoms with Crippen LogP contribution in [0.2, 0.25) is 5.02 Å². The number of anilines is 1. The molecule has 0 unspecified atom stereocenters. The van der Waals surface area contributed by atoms with E-state index in [4.69, 9.17) is 11.6 Å². The molecule has 1 amide bonds. The fourth-order valence-electron chi connectivity index (χ4n) is 4.39. The van der Waals surface area contributed by atoms with Crippen molar-refractivity contribution in [2.75, 3.05) is 5.32 Å². The summed E-state index contributed by atoms with van der Waals surface area (Å²) in [4.78, 5) is 30.9. The monoisotopic (exact) mass is 499 g/mol. The van der Waals surface area contributed by atoms with Gasteiger partial charge in [0.1, 0.15) is 5.82 Å². The lowest BCUT2D eigenvalue weighted by Crippen LogP contribution is -2.39. The maximum atomic E-state index is 13.4. The summed E-state index contributed by atoms with van der Waals surface area (Å²) in [6, 6.07) is 10.9. The average molecular weight is 501 g/mol. The fraction of sp³-hybridized carbons (Fsp3) is 0.292. The van der Waals surface area contributed by atoms with Gasteiger partial charge in [-0.2, -0.15) is 0 Å². The van der Waals surface area contributed by atoms with E-state index >= 15 is 0 Å². The van der Waals surface area contributed by atoms with Gasteiger partial charge in [-0.1, -0.05) is 37.6 Å². The average Bonchev–Trinajstić information content (AvgIpc) is 2.67. The van der Waals surface area contributed by atoms with Gasteiger partial charge in [0.05, 0.1) is 0 Å². The van der Waals surface area contributed by atoms with Crippen molar-refractivity contribution in [2.24, 2.45) is 5.41 Å². The molecule has 7 heteroatoms. The lowest BCUT2D eigenvalue weighted by atomic mass is 9.68. The molecule has 0 saturated heterocycles. The molecule has 2 N–H and O–H groups in total. The van der Waals surface area contributed by atoms with Crippen LogP contribution >= 0.6 is 27.5 Å². The third-order valence-corrected chi connectivity index (χ3v) is 6.34. The fourth-order valence-corrected chi connectivity index (χ4v) is 4.82. The first-order chi connectivity index (χ1) is 14.6. The molecule has 1 aliphatic heterocycles. The number of ketones is 1. The van der Waals surface area contributed by atoms with E-state index in [-0.39, 0.29) is 17.1 Å². The number of Topliss-reactive ketones (excluding diaryl/α,β-unsaturated/α-hetero) is 1. The number of amides is 1. The van der Waals surface area contributed by atoms with Gasteiger partial charge < -0.3 is 10.6 Å². The molecule has 2 aromatic rings. The molecule has 2 aliphatic rings. The van der Waals surface area contributed by atoms with Crippen LogP contribution in [-0.2, 0) is 9.59 Å². The van der Waals surface area contributed by atoms with Crippen LogP contribution < -0.4 is 10.6 Å². The van der Waals surface area contributed by atoms with Gasteiger partial charge >= 0.3 is 0 Å². The van der Waals surface area contributed by atoms with Crippen LogP contribution in [0.15, 0.2) is 69.6 Å². The third kappa shape index (κ3) is 4.46. The molecule has 160 valence electrons. The minimum atomic E-state index is -0.492. The zero-order chi connectivity index (χ0) is 22.3. The van der Waals surface area contributed by atoms with E-state index in [1.807, 2.05) is 31.2 Å². The molecule has 31 heavy (non-hydrogen) atoms. The summed E-state index contributed by atoms with van der Waals surface area (Å²) in [5.74, 6) is -0.291. The number of nitrogens with one attached hydrogen (secondary N) is 2. The van der Waals surface area contributed by atoms with Crippen LogP contribution in [0.3, 0.4) is 0 Å². The van der Waals surface area contributed by atoms with Crippen molar-refractivity contribution in [3.63, 3.8) is 0 Å².